The lowest BCUT2D eigenvalue weighted by Crippen LogP contribution is -2.50. The second kappa shape index (κ2) is 6.65. The van der Waals surface area contributed by atoms with E-state index in [0.29, 0.717) is 5.02 Å². The molecule has 0 bridgehead atoms. The molecule has 0 spiro atoms. The maximum Gasteiger partial charge on any atom is 0.203 e. The second-order valence-corrected chi connectivity index (χ2v) is 10.8. The number of rotatable bonds is 3. The van der Waals surface area contributed by atoms with E-state index >= 15 is 0 Å². The fraction of sp³-hybridized carbons (Fsp3) is 0.211. The van der Waals surface area contributed by atoms with Crippen molar-refractivity contribution in [3.63, 3.8) is 0 Å². The number of nitrogens with zero attached hydrogens (tertiary/aromatic N) is 3. The fourth-order valence-corrected chi connectivity index (χ4v) is 6.58. The molecule has 0 fully saturated rings. The molecule has 1 unspecified atom stereocenters. The van der Waals surface area contributed by atoms with Crippen LogP contribution in [0.2, 0.25) is 5.02 Å². The van der Waals surface area contributed by atoms with Crippen LogP contribution in [0.1, 0.15) is 11.8 Å². The van der Waals surface area contributed by atoms with Crippen molar-refractivity contribution >= 4 is 44.5 Å². The van der Waals surface area contributed by atoms with Crippen LogP contribution in [0.4, 0.5) is 0 Å². The van der Waals surface area contributed by atoms with Crippen LogP contribution in [-0.4, -0.2) is 43.1 Å². The first-order valence-corrected chi connectivity index (χ1v) is 11.6. The highest BCUT2D eigenvalue weighted by Gasteiger charge is 2.39. The van der Waals surface area contributed by atoms with Gasteiger partial charge in [-0.3, -0.25) is 4.31 Å². The van der Waals surface area contributed by atoms with Gasteiger partial charge in [0.25, 0.3) is 0 Å². The summed E-state index contributed by atoms with van der Waals surface area (Å²) in [5, 5.41) is 0.552. The Kier molecular flexibility index (Phi) is 4.52. The number of aromatic amines is 1. The highest BCUT2D eigenvalue weighted by Crippen LogP contribution is 2.43. The summed E-state index contributed by atoms with van der Waals surface area (Å²) in [6.07, 6.45) is 1.80. The predicted molar refractivity (Wildman–Crippen MR) is 119 cm³/mol. The van der Waals surface area contributed by atoms with Gasteiger partial charge >= 0.3 is 0 Å². The molecule has 1 aromatic carbocycles. The molecule has 4 rings (SSSR count). The maximum atomic E-state index is 12.9. The molecule has 2 atom stereocenters. The van der Waals surface area contributed by atoms with Crippen LogP contribution in [-0.2, 0) is 15.2 Å². The number of aliphatic imine (C=N–C) groups is 1. The number of nitrogens with one attached hydrogen (secondary N) is 1. The van der Waals surface area contributed by atoms with Gasteiger partial charge in [-0.05, 0) is 24.4 Å². The number of guanidine groups is 1. The van der Waals surface area contributed by atoms with E-state index in [1.165, 1.54) is 15.6 Å². The van der Waals surface area contributed by atoms with Crippen molar-refractivity contribution in [2.75, 3.05) is 12.8 Å². The Morgan fingerprint density at radius 2 is 2.11 bits per heavy atom. The van der Waals surface area contributed by atoms with Crippen molar-refractivity contribution in [3.8, 4) is 22.0 Å². The topological polar surface area (TPSA) is 87.4 Å². The van der Waals surface area contributed by atoms with E-state index in [1.54, 1.807) is 13.2 Å². The lowest BCUT2D eigenvalue weighted by atomic mass is 10.0. The molecule has 0 aliphatic carbocycles. The molecular formula is C19H20ClN5OS2. The Morgan fingerprint density at radius 3 is 2.79 bits per heavy atom. The summed E-state index contributed by atoms with van der Waals surface area (Å²) < 4.78 is 14.3. The molecular weight excluding hydrogens is 414 g/mol. The zero-order chi connectivity index (χ0) is 20.1. The average Bonchev–Trinajstić information content (AvgIpc) is 3.27. The van der Waals surface area contributed by atoms with Crippen LogP contribution >= 0.6 is 22.9 Å². The van der Waals surface area contributed by atoms with Gasteiger partial charge in [-0.25, -0.2) is 14.2 Å². The van der Waals surface area contributed by atoms with Gasteiger partial charge in [0.2, 0.25) is 5.96 Å². The van der Waals surface area contributed by atoms with E-state index in [9.17, 15) is 4.21 Å². The minimum absolute atomic E-state index is 0.198. The minimum atomic E-state index is -2.57. The average molecular weight is 434 g/mol. The minimum Gasteiger partial charge on any atom is -0.369 e. The van der Waals surface area contributed by atoms with Gasteiger partial charge in [-0.2, -0.15) is 0 Å². The lowest BCUT2D eigenvalue weighted by molar-refractivity contribution is 0.522. The quantitative estimate of drug-likeness (QED) is 0.619. The largest absolute Gasteiger partial charge is 0.369 e. The van der Waals surface area contributed by atoms with E-state index < -0.39 is 15.2 Å². The molecule has 3 N–H and O–H groups in total. The van der Waals surface area contributed by atoms with Crippen molar-refractivity contribution in [3.05, 3.63) is 52.5 Å². The second-order valence-electron chi connectivity index (χ2n) is 6.96. The van der Waals surface area contributed by atoms with E-state index in [0.717, 1.165) is 26.8 Å². The molecule has 0 saturated carbocycles. The third kappa shape index (κ3) is 3.21. The Bertz CT molecular complexity index is 1170. The number of benzene rings is 1. The van der Waals surface area contributed by atoms with Crippen molar-refractivity contribution in [2.24, 2.45) is 10.7 Å². The van der Waals surface area contributed by atoms with Gasteiger partial charge in [0.15, 0.2) is 0 Å². The standard InChI is InChI=1S/C19H20ClN5OS2/c1-19(11-28(3,26)25(2)18(21)24-19)16-13(20)9-15(27-16)17-22-10-14(23-17)12-7-5-4-6-8-12/h4-10H,3,11H2,1-2H3,(H2,21,24)(H,22,23)/t19-,28?/m0/s1. The van der Waals surface area contributed by atoms with Crippen LogP contribution in [0.25, 0.3) is 22.0 Å². The number of thiophene rings is 1. The van der Waals surface area contributed by atoms with Crippen LogP contribution in [0, 0.1) is 0 Å². The van der Waals surface area contributed by atoms with Gasteiger partial charge in [-0.15, -0.1) is 11.3 Å². The number of hydrogen-bond acceptors (Lipinski definition) is 5. The number of nitrogens with two attached hydrogens (primary N) is 1. The molecule has 1 aliphatic heterocycles. The molecule has 146 valence electrons. The van der Waals surface area contributed by atoms with Crippen LogP contribution in [0.3, 0.4) is 0 Å². The molecule has 6 nitrogen and oxygen atoms in total. The normalized spacial score (nSPS) is 25.0. The molecule has 0 saturated heterocycles. The van der Waals surface area contributed by atoms with Gasteiger partial charge in [0.1, 0.15) is 11.4 Å². The van der Waals surface area contributed by atoms with E-state index in [4.69, 9.17) is 17.3 Å². The number of halogens is 1. The summed E-state index contributed by atoms with van der Waals surface area (Å²) in [5.74, 6) is 5.01. The van der Waals surface area contributed by atoms with Crippen molar-refractivity contribution in [1.82, 2.24) is 14.3 Å². The number of H-pyrrole nitrogens is 1. The molecule has 3 heterocycles. The number of aromatic nitrogens is 2. The maximum absolute atomic E-state index is 12.9. The summed E-state index contributed by atoms with van der Waals surface area (Å²) in [6.45, 7) is 1.89. The molecule has 0 amide bonds. The SMILES string of the molecule is C=S1(=O)C[C@@](C)(c2sc(-c3ncc(-c4ccccc4)[nH]3)cc2Cl)N=C(N)N1C. The molecule has 9 heteroatoms. The first-order chi connectivity index (χ1) is 13.2. The first kappa shape index (κ1) is 19.0. The summed E-state index contributed by atoms with van der Waals surface area (Å²) in [4.78, 5) is 14.1. The Hall–Kier alpha value is -2.29. The fourth-order valence-electron chi connectivity index (χ4n) is 3.24. The lowest BCUT2D eigenvalue weighted by Gasteiger charge is -2.36. The zero-order valence-electron chi connectivity index (χ0n) is 15.5. The van der Waals surface area contributed by atoms with E-state index in [1.807, 2.05) is 43.3 Å². The summed E-state index contributed by atoms with van der Waals surface area (Å²) in [5.41, 5.74) is 7.18. The monoisotopic (exact) mass is 433 g/mol. The van der Waals surface area contributed by atoms with Crippen LogP contribution < -0.4 is 5.73 Å². The third-order valence-electron chi connectivity index (χ3n) is 4.76. The van der Waals surface area contributed by atoms with Gasteiger partial charge in [0, 0.05) is 7.05 Å². The summed E-state index contributed by atoms with van der Waals surface area (Å²) >= 11 is 8.02. The first-order valence-electron chi connectivity index (χ1n) is 8.54. The zero-order valence-corrected chi connectivity index (χ0v) is 17.9. The smallest absolute Gasteiger partial charge is 0.203 e. The Morgan fingerprint density at radius 1 is 1.39 bits per heavy atom. The Balaban J connectivity index is 1.73. The Labute approximate surface area is 173 Å². The van der Waals surface area contributed by atoms with Crippen LogP contribution in [0.15, 0.2) is 47.6 Å². The predicted octanol–water partition coefficient (Wildman–Crippen LogP) is 3.57. The van der Waals surface area contributed by atoms with Crippen LogP contribution in [0.5, 0.6) is 0 Å². The van der Waals surface area contributed by atoms with Gasteiger partial charge in [0.05, 0.1) is 42.1 Å². The molecule has 3 aromatic rings. The number of hydrogen-bond donors (Lipinski definition) is 2. The van der Waals surface area contributed by atoms with E-state index in [2.05, 4.69) is 20.8 Å². The third-order valence-corrected chi connectivity index (χ3v) is 8.76. The van der Waals surface area contributed by atoms with Gasteiger partial charge < -0.3 is 10.7 Å². The molecule has 2 aromatic heterocycles. The summed E-state index contributed by atoms with van der Waals surface area (Å²) in [7, 11) is -0.926. The highest BCUT2D eigenvalue weighted by atomic mass is 35.5. The van der Waals surface area contributed by atoms with E-state index in [-0.39, 0.29) is 11.7 Å². The van der Waals surface area contributed by atoms with Crippen molar-refractivity contribution in [2.45, 2.75) is 12.5 Å². The summed E-state index contributed by atoms with van der Waals surface area (Å²) in [6, 6.07) is 11.8. The van der Waals surface area contributed by atoms with Crippen molar-refractivity contribution in [1.29, 1.82) is 0 Å². The molecule has 28 heavy (non-hydrogen) atoms. The number of imidazole rings is 1. The highest BCUT2D eigenvalue weighted by molar-refractivity contribution is 7.98. The molecule has 0 radical (unpaired) electrons. The molecule has 1 aliphatic rings. The van der Waals surface area contributed by atoms with Crippen molar-refractivity contribution < 1.29 is 4.21 Å². The van der Waals surface area contributed by atoms with Gasteiger partial charge in [-0.1, -0.05) is 41.9 Å².